The molecule has 0 aliphatic heterocycles. The third-order valence-corrected chi connectivity index (χ3v) is 5.02. The number of aromatic nitrogens is 3. The molecule has 2 aromatic carbocycles. The van der Waals surface area contributed by atoms with Gasteiger partial charge in [0.15, 0.2) is 5.65 Å². The Labute approximate surface area is 177 Å². The first-order valence-corrected chi connectivity index (χ1v) is 10.6. The van der Waals surface area contributed by atoms with E-state index in [1.54, 1.807) is 6.20 Å². The lowest BCUT2D eigenvalue weighted by Crippen LogP contribution is -2.11. The van der Waals surface area contributed by atoms with Crippen molar-refractivity contribution in [1.82, 2.24) is 15.0 Å². The lowest BCUT2D eigenvalue weighted by atomic mass is 10.1. The van der Waals surface area contributed by atoms with Crippen LogP contribution < -0.4 is 10.6 Å². The average molecular weight is 398 g/mol. The van der Waals surface area contributed by atoms with Crippen LogP contribution in [-0.2, 0) is 12.8 Å². The first kappa shape index (κ1) is 19.8. The number of nitrogens with one attached hydrogen (secondary N) is 2. The summed E-state index contributed by atoms with van der Waals surface area (Å²) in [4.78, 5) is 13.7. The lowest BCUT2D eigenvalue weighted by Gasteiger charge is -2.11. The Hall–Kier alpha value is -3.47. The standard InChI is InChI=1S/C25H27N5/c1-3-10-20(11-4-1)14-7-17-26-23-22-16-9-18-27-24(22)30-25(29-23)28-19-8-15-21-12-5-2-6-13-21/h1-6,9-13,16,18H,7-8,14-15,17,19H2,(H2,26,27,28,29,30). The predicted molar refractivity (Wildman–Crippen MR) is 124 cm³/mol. The molecule has 5 nitrogen and oxygen atoms in total. The highest BCUT2D eigenvalue weighted by Gasteiger charge is 2.08. The molecule has 5 heteroatoms. The molecule has 4 rings (SSSR count). The van der Waals surface area contributed by atoms with Crippen LogP contribution in [0.3, 0.4) is 0 Å². The minimum atomic E-state index is 0.625. The molecular formula is C25H27N5. The summed E-state index contributed by atoms with van der Waals surface area (Å²) in [6.45, 7) is 1.67. The molecule has 2 N–H and O–H groups in total. The molecule has 0 aliphatic rings. The molecule has 0 bridgehead atoms. The zero-order valence-corrected chi connectivity index (χ0v) is 17.1. The fraction of sp³-hybridized carbons (Fsp3) is 0.240. The number of fused-ring (bicyclic) bond motifs is 1. The van der Waals surface area contributed by atoms with Gasteiger partial charge in [-0.2, -0.15) is 9.97 Å². The molecule has 0 aliphatic carbocycles. The van der Waals surface area contributed by atoms with E-state index in [0.29, 0.717) is 11.6 Å². The Bertz CT molecular complexity index is 1050. The number of anilines is 2. The van der Waals surface area contributed by atoms with Gasteiger partial charge in [-0.25, -0.2) is 4.98 Å². The van der Waals surface area contributed by atoms with Crippen molar-refractivity contribution in [2.75, 3.05) is 23.7 Å². The summed E-state index contributed by atoms with van der Waals surface area (Å²) in [7, 11) is 0. The van der Waals surface area contributed by atoms with E-state index in [1.807, 2.05) is 18.2 Å². The number of hydrogen-bond donors (Lipinski definition) is 2. The fourth-order valence-corrected chi connectivity index (χ4v) is 3.46. The van der Waals surface area contributed by atoms with Crippen LogP contribution in [0.1, 0.15) is 24.0 Å². The number of nitrogens with zero attached hydrogens (tertiary/aromatic N) is 3. The van der Waals surface area contributed by atoms with Crippen LogP contribution in [0, 0.1) is 0 Å². The van der Waals surface area contributed by atoms with E-state index in [1.165, 1.54) is 11.1 Å². The highest BCUT2D eigenvalue weighted by Crippen LogP contribution is 2.20. The number of benzene rings is 2. The van der Waals surface area contributed by atoms with Crippen LogP contribution in [0.5, 0.6) is 0 Å². The molecule has 0 saturated carbocycles. The van der Waals surface area contributed by atoms with Crippen molar-refractivity contribution in [1.29, 1.82) is 0 Å². The van der Waals surface area contributed by atoms with E-state index in [0.717, 1.165) is 50.0 Å². The Morgan fingerprint density at radius 2 is 1.27 bits per heavy atom. The van der Waals surface area contributed by atoms with Crippen LogP contribution in [0.25, 0.3) is 11.0 Å². The molecule has 2 aromatic heterocycles. The Balaban J connectivity index is 1.35. The van der Waals surface area contributed by atoms with E-state index in [9.17, 15) is 0 Å². The number of aryl methyl sites for hydroxylation is 2. The maximum atomic E-state index is 4.72. The molecule has 152 valence electrons. The summed E-state index contributed by atoms with van der Waals surface area (Å²) in [5.41, 5.74) is 3.42. The maximum Gasteiger partial charge on any atom is 0.226 e. The highest BCUT2D eigenvalue weighted by atomic mass is 15.2. The van der Waals surface area contributed by atoms with Gasteiger partial charge in [0.05, 0.1) is 5.39 Å². The molecular weight excluding hydrogens is 370 g/mol. The van der Waals surface area contributed by atoms with Gasteiger partial charge in [-0.3, -0.25) is 0 Å². The number of hydrogen-bond acceptors (Lipinski definition) is 5. The van der Waals surface area contributed by atoms with Gasteiger partial charge in [-0.1, -0.05) is 60.7 Å². The van der Waals surface area contributed by atoms with Gasteiger partial charge >= 0.3 is 0 Å². The molecule has 0 amide bonds. The second-order valence-corrected chi connectivity index (χ2v) is 7.30. The number of rotatable bonds is 10. The predicted octanol–water partition coefficient (Wildman–Crippen LogP) is 5.11. The Kier molecular flexibility index (Phi) is 6.84. The van der Waals surface area contributed by atoms with E-state index in [-0.39, 0.29) is 0 Å². The molecule has 0 atom stereocenters. The monoisotopic (exact) mass is 397 g/mol. The van der Waals surface area contributed by atoms with E-state index >= 15 is 0 Å². The van der Waals surface area contributed by atoms with Crippen molar-refractivity contribution >= 4 is 22.8 Å². The van der Waals surface area contributed by atoms with Crippen LogP contribution in [0.15, 0.2) is 79.0 Å². The molecule has 2 heterocycles. The third kappa shape index (κ3) is 5.54. The van der Waals surface area contributed by atoms with Gasteiger partial charge < -0.3 is 10.6 Å². The quantitative estimate of drug-likeness (QED) is 0.364. The van der Waals surface area contributed by atoms with Gasteiger partial charge in [0.25, 0.3) is 0 Å². The van der Waals surface area contributed by atoms with Crippen molar-refractivity contribution in [2.24, 2.45) is 0 Å². The van der Waals surface area contributed by atoms with Crippen LogP contribution in [0.2, 0.25) is 0 Å². The normalized spacial score (nSPS) is 10.8. The average Bonchev–Trinajstić information content (AvgIpc) is 2.81. The zero-order valence-electron chi connectivity index (χ0n) is 17.1. The van der Waals surface area contributed by atoms with Crippen molar-refractivity contribution in [3.05, 3.63) is 90.1 Å². The third-order valence-electron chi connectivity index (χ3n) is 5.02. The summed E-state index contributed by atoms with van der Waals surface area (Å²) in [6, 6.07) is 25.0. The fourth-order valence-electron chi connectivity index (χ4n) is 3.46. The molecule has 30 heavy (non-hydrogen) atoms. The van der Waals surface area contributed by atoms with Gasteiger partial charge in [0, 0.05) is 19.3 Å². The van der Waals surface area contributed by atoms with Gasteiger partial charge in [-0.15, -0.1) is 0 Å². The summed E-state index contributed by atoms with van der Waals surface area (Å²) < 4.78 is 0. The van der Waals surface area contributed by atoms with Crippen molar-refractivity contribution < 1.29 is 0 Å². The highest BCUT2D eigenvalue weighted by molar-refractivity contribution is 5.87. The van der Waals surface area contributed by atoms with Gasteiger partial charge in [-0.05, 0) is 48.9 Å². The van der Waals surface area contributed by atoms with Gasteiger partial charge in [0.2, 0.25) is 5.95 Å². The maximum absolute atomic E-state index is 4.72. The Morgan fingerprint density at radius 1 is 0.633 bits per heavy atom. The smallest absolute Gasteiger partial charge is 0.226 e. The first-order chi connectivity index (χ1) is 14.9. The molecule has 0 radical (unpaired) electrons. The van der Waals surface area contributed by atoms with Gasteiger partial charge in [0.1, 0.15) is 5.82 Å². The van der Waals surface area contributed by atoms with E-state index in [4.69, 9.17) is 4.98 Å². The van der Waals surface area contributed by atoms with E-state index in [2.05, 4.69) is 75.2 Å². The topological polar surface area (TPSA) is 62.7 Å². The summed E-state index contributed by atoms with van der Waals surface area (Å²) in [5, 5.41) is 7.80. The van der Waals surface area contributed by atoms with Crippen LogP contribution in [0.4, 0.5) is 11.8 Å². The van der Waals surface area contributed by atoms with Crippen LogP contribution >= 0.6 is 0 Å². The second kappa shape index (κ2) is 10.3. The summed E-state index contributed by atoms with van der Waals surface area (Å²) >= 11 is 0. The molecule has 4 aromatic rings. The SMILES string of the molecule is c1ccc(CCCNc2nc(NCCCc3ccccc3)c3cccnc3n2)cc1. The Morgan fingerprint density at radius 3 is 1.93 bits per heavy atom. The van der Waals surface area contributed by atoms with Crippen molar-refractivity contribution in [3.63, 3.8) is 0 Å². The van der Waals surface area contributed by atoms with Crippen molar-refractivity contribution in [2.45, 2.75) is 25.7 Å². The minimum Gasteiger partial charge on any atom is -0.369 e. The summed E-state index contributed by atoms with van der Waals surface area (Å²) in [5.74, 6) is 1.46. The molecule has 0 spiro atoms. The van der Waals surface area contributed by atoms with E-state index < -0.39 is 0 Å². The minimum absolute atomic E-state index is 0.625. The zero-order chi connectivity index (χ0) is 20.4. The van der Waals surface area contributed by atoms with Crippen LogP contribution in [-0.4, -0.2) is 28.0 Å². The first-order valence-electron chi connectivity index (χ1n) is 10.6. The lowest BCUT2D eigenvalue weighted by molar-refractivity contribution is 0.849. The molecule has 0 saturated heterocycles. The second-order valence-electron chi connectivity index (χ2n) is 7.30. The number of pyridine rings is 1. The van der Waals surface area contributed by atoms with Crippen molar-refractivity contribution in [3.8, 4) is 0 Å². The molecule has 0 unspecified atom stereocenters. The molecule has 0 fully saturated rings. The summed E-state index contributed by atoms with van der Waals surface area (Å²) in [6.07, 6.45) is 5.90. The largest absolute Gasteiger partial charge is 0.369 e.